The second kappa shape index (κ2) is 3.71. The topological polar surface area (TPSA) is 26.3 Å². The number of aldehydes is 1. The summed E-state index contributed by atoms with van der Waals surface area (Å²) >= 11 is 0. The highest BCUT2D eigenvalue weighted by Gasteiger charge is 2.17. The first kappa shape index (κ1) is 7.73. The third-order valence-corrected chi connectivity index (χ3v) is 1.92. The van der Waals surface area contributed by atoms with E-state index in [9.17, 15) is 4.79 Å². The molecule has 2 nitrogen and oxygen atoms in total. The molecule has 1 saturated heterocycles. The summed E-state index contributed by atoms with van der Waals surface area (Å²) in [5.41, 5.74) is 0. The van der Waals surface area contributed by atoms with Crippen molar-refractivity contribution in [1.82, 2.24) is 0 Å². The van der Waals surface area contributed by atoms with E-state index < -0.39 is 0 Å². The number of carbonyl (C=O) groups is 1. The molecular formula is C8H14O2. The zero-order chi connectivity index (χ0) is 7.40. The van der Waals surface area contributed by atoms with Gasteiger partial charge in [0.25, 0.3) is 0 Å². The van der Waals surface area contributed by atoms with E-state index in [-0.39, 0.29) is 6.10 Å². The molecule has 0 aromatic carbocycles. The van der Waals surface area contributed by atoms with E-state index in [1.807, 2.05) is 0 Å². The van der Waals surface area contributed by atoms with Crippen LogP contribution >= 0.6 is 0 Å². The van der Waals surface area contributed by atoms with Gasteiger partial charge in [0.1, 0.15) is 6.29 Å². The van der Waals surface area contributed by atoms with Crippen molar-refractivity contribution in [2.24, 2.45) is 0 Å². The first-order valence-corrected chi connectivity index (χ1v) is 3.92. The maximum atomic E-state index is 10.1. The Bertz CT molecular complexity index is 112. The van der Waals surface area contributed by atoms with Crippen LogP contribution < -0.4 is 0 Å². The summed E-state index contributed by atoms with van der Waals surface area (Å²) < 4.78 is 5.50. The Balaban J connectivity index is 2.24. The van der Waals surface area contributed by atoms with Crippen LogP contribution in [-0.2, 0) is 9.53 Å². The predicted molar refractivity (Wildman–Crippen MR) is 38.9 cm³/mol. The first-order valence-electron chi connectivity index (χ1n) is 3.92. The Hall–Kier alpha value is -0.370. The molecule has 58 valence electrons. The Kier molecular flexibility index (Phi) is 2.87. The summed E-state index contributed by atoms with van der Waals surface area (Å²) in [4.78, 5) is 10.1. The molecule has 2 heteroatoms. The zero-order valence-corrected chi connectivity index (χ0v) is 6.38. The standard InChI is InChI=1S/C8H14O2/c1-7-3-2-4-8(10-7)5-6-9/h6-8H,2-5H2,1H3/t7-,8-/m1/s1. The maximum absolute atomic E-state index is 10.1. The van der Waals surface area contributed by atoms with Crippen LogP contribution in [0.2, 0.25) is 0 Å². The van der Waals surface area contributed by atoms with Gasteiger partial charge in [-0.25, -0.2) is 0 Å². The molecule has 0 aromatic heterocycles. The molecule has 1 heterocycles. The van der Waals surface area contributed by atoms with Crippen LogP contribution in [0.15, 0.2) is 0 Å². The van der Waals surface area contributed by atoms with E-state index in [0.717, 1.165) is 19.1 Å². The summed E-state index contributed by atoms with van der Waals surface area (Å²) in [5, 5.41) is 0. The van der Waals surface area contributed by atoms with Crippen molar-refractivity contribution in [1.29, 1.82) is 0 Å². The number of rotatable bonds is 2. The van der Waals surface area contributed by atoms with Crippen LogP contribution in [0, 0.1) is 0 Å². The Morgan fingerprint density at radius 1 is 1.60 bits per heavy atom. The molecular weight excluding hydrogens is 128 g/mol. The van der Waals surface area contributed by atoms with E-state index in [1.165, 1.54) is 6.42 Å². The predicted octanol–water partition coefficient (Wildman–Crippen LogP) is 1.53. The van der Waals surface area contributed by atoms with Gasteiger partial charge in [-0.05, 0) is 26.2 Å². The second-order valence-corrected chi connectivity index (χ2v) is 2.90. The number of ether oxygens (including phenoxy) is 1. The minimum atomic E-state index is 0.209. The van der Waals surface area contributed by atoms with Gasteiger partial charge in [-0.3, -0.25) is 0 Å². The third kappa shape index (κ3) is 2.10. The summed E-state index contributed by atoms with van der Waals surface area (Å²) in [6.07, 6.45) is 5.51. The Morgan fingerprint density at radius 2 is 2.40 bits per heavy atom. The summed E-state index contributed by atoms with van der Waals surface area (Å²) in [7, 11) is 0. The molecule has 0 amide bonds. The molecule has 1 rings (SSSR count). The fourth-order valence-corrected chi connectivity index (χ4v) is 1.38. The van der Waals surface area contributed by atoms with Crippen LogP contribution in [0.1, 0.15) is 32.6 Å². The van der Waals surface area contributed by atoms with E-state index in [2.05, 4.69) is 6.92 Å². The van der Waals surface area contributed by atoms with Crippen LogP contribution in [0.5, 0.6) is 0 Å². The van der Waals surface area contributed by atoms with Crippen molar-refractivity contribution < 1.29 is 9.53 Å². The summed E-state index contributed by atoms with van der Waals surface area (Å²) in [5.74, 6) is 0. The second-order valence-electron chi connectivity index (χ2n) is 2.90. The molecule has 0 unspecified atom stereocenters. The van der Waals surface area contributed by atoms with Crippen molar-refractivity contribution in [2.45, 2.75) is 44.8 Å². The van der Waals surface area contributed by atoms with E-state index >= 15 is 0 Å². The molecule has 0 N–H and O–H groups in total. The van der Waals surface area contributed by atoms with Crippen molar-refractivity contribution in [3.8, 4) is 0 Å². The molecule has 0 aliphatic carbocycles. The highest BCUT2D eigenvalue weighted by Crippen LogP contribution is 2.19. The van der Waals surface area contributed by atoms with Crippen molar-refractivity contribution >= 4 is 6.29 Å². The van der Waals surface area contributed by atoms with E-state index in [4.69, 9.17) is 4.74 Å². The monoisotopic (exact) mass is 142 g/mol. The van der Waals surface area contributed by atoms with E-state index in [1.54, 1.807) is 0 Å². The zero-order valence-electron chi connectivity index (χ0n) is 6.38. The smallest absolute Gasteiger partial charge is 0.122 e. The molecule has 1 aliphatic rings. The largest absolute Gasteiger partial charge is 0.375 e. The lowest BCUT2D eigenvalue weighted by atomic mass is 10.0. The Morgan fingerprint density at radius 3 is 3.00 bits per heavy atom. The highest BCUT2D eigenvalue weighted by atomic mass is 16.5. The third-order valence-electron chi connectivity index (χ3n) is 1.92. The number of hydrogen-bond donors (Lipinski definition) is 0. The lowest BCUT2D eigenvalue weighted by Gasteiger charge is -2.26. The average Bonchev–Trinajstić information content (AvgIpc) is 1.88. The van der Waals surface area contributed by atoms with Gasteiger partial charge < -0.3 is 9.53 Å². The van der Waals surface area contributed by atoms with Crippen LogP contribution in [0.3, 0.4) is 0 Å². The lowest BCUT2D eigenvalue weighted by molar-refractivity contribution is -0.113. The molecule has 0 saturated carbocycles. The SMILES string of the molecule is C[C@@H]1CCC[C@H](CC=O)O1. The van der Waals surface area contributed by atoms with Crippen LogP contribution in [0.4, 0.5) is 0 Å². The molecule has 0 radical (unpaired) electrons. The number of hydrogen-bond acceptors (Lipinski definition) is 2. The van der Waals surface area contributed by atoms with Gasteiger partial charge in [0, 0.05) is 6.42 Å². The van der Waals surface area contributed by atoms with Gasteiger partial charge in [0.15, 0.2) is 0 Å². The van der Waals surface area contributed by atoms with Gasteiger partial charge in [-0.15, -0.1) is 0 Å². The summed E-state index contributed by atoms with van der Waals surface area (Å²) in [6, 6.07) is 0. The van der Waals surface area contributed by atoms with Gasteiger partial charge >= 0.3 is 0 Å². The minimum absolute atomic E-state index is 0.209. The molecule has 2 atom stereocenters. The fraction of sp³-hybridized carbons (Fsp3) is 0.875. The van der Waals surface area contributed by atoms with Crippen molar-refractivity contribution in [2.75, 3.05) is 0 Å². The van der Waals surface area contributed by atoms with Gasteiger partial charge in [0.05, 0.1) is 12.2 Å². The van der Waals surface area contributed by atoms with Gasteiger partial charge in [-0.1, -0.05) is 0 Å². The van der Waals surface area contributed by atoms with Crippen LogP contribution in [-0.4, -0.2) is 18.5 Å². The first-order chi connectivity index (χ1) is 4.83. The average molecular weight is 142 g/mol. The quantitative estimate of drug-likeness (QED) is 0.546. The van der Waals surface area contributed by atoms with Gasteiger partial charge in [-0.2, -0.15) is 0 Å². The Labute approximate surface area is 61.6 Å². The van der Waals surface area contributed by atoms with Gasteiger partial charge in [0.2, 0.25) is 0 Å². The maximum Gasteiger partial charge on any atom is 0.122 e. The fourth-order valence-electron chi connectivity index (χ4n) is 1.38. The van der Waals surface area contributed by atoms with Crippen molar-refractivity contribution in [3.63, 3.8) is 0 Å². The normalized spacial score (nSPS) is 33.7. The lowest BCUT2D eigenvalue weighted by Crippen LogP contribution is -2.25. The minimum Gasteiger partial charge on any atom is -0.375 e. The molecule has 0 bridgehead atoms. The summed E-state index contributed by atoms with van der Waals surface area (Å²) in [6.45, 7) is 2.07. The van der Waals surface area contributed by atoms with Crippen LogP contribution in [0.25, 0.3) is 0 Å². The molecule has 10 heavy (non-hydrogen) atoms. The molecule has 0 aromatic rings. The molecule has 0 spiro atoms. The van der Waals surface area contributed by atoms with Crippen molar-refractivity contribution in [3.05, 3.63) is 0 Å². The molecule has 1 fully saturated rings. The highest BCUT2D eigenvalue weighted by molar-refractivity contribution is 5.50. The van der Waals surface area contributed by atoms with E-state index in [0.29, 0.717) is 12.5 Å². The number of carbonyl (C=O) groups excluding carboxylic acids is 1. The molecule has 1 aliphatic heterocycles.